The quantitative estimate of drug-likeness (QED) is 0.690. The molecule has 3 nitrogen and oxygen atoms in total. The van der Waals surface area contributed by atoms with Gasteiger partial charge < -0.3 is 15.5 Å². The Labute approximate surface area is 97.1 Å². The van der Waals surface area contributed by atoms with Crippen molar-refractivity contribution in [2.45, 2.75) is 32.9 Å². The van der Waals surface area contributed by atoms with Gasteiger partial charge in [0.1, 0.15) is 5.75 Å². The van der Waals surface area contributed by atoms with E-state index in [9.17, 15) is 10.2 Å². The number of aliphatic hydroxyl groups excluding tert-OH is 1. The molecule has 0 heterocycles. The average molecular weight is 223 g/mol. The SMILES string of the molecule is CC(O)CC(C)CNCc1ccccc1O. The molecule has 0 aliphatic rings. The Bertz CT molecular complexity index is 313. The predicted molar refractivity (Wildman–Crippen MR) is 65.3 cm³/mol. The van der Waals surface area contributed by atoms with Crippen molar-refractivity contribution in [1.29, 1.82) is 0 Å². The summed E-state index contributed by atoms with van der Waals surface area (Å²) < 4.78 is 0. The lowest BCUT2D eigenvalue weighted by Crippen LogP contribution is -2.23. The zero-order valence-electron chi connectivity index (χ0n) is 9.98. The van der Waals surface area contributed by atoms with Crippen LogP contribution in [0.1, 0.15) is 25.8 Å². The second kappa shape index (κ2) is 6.51. The molecule has 0 fully saturated rings. The van der Waals surface area contributed by atoms with Crippen LogP contribution in [0.3, 0.4) is 0 Å². The molecule has 0 aromatic heterocycles. The van der Waals surface area contributed by atoms with E-state index in [1.807, 2.05) is 18.2 Å². The molecule has 2 unspecified atom stereocenters. The van der Waals surface area contributed by atoms with Gasteiger partial charge >= 0.3 is 0 Å². The Hall–Kier alpha value is -1.06. The van der Waals surface area contributed by atoms with Gasteiger partial charge in [-0.1, -0.05) is 25.1 Å². The minimum absolute atomic E-state index is 0.248. The molecule has 16 heavy (non-hydrogen) atoms. The van der Waals surface area contributed by atoms with Crippen LogP contribution < -0.4 is 5.32 Å². The first-order chi connectivity index (χ1) is 7.59. The molecule has 1 rings (SSSR count). The summed E-state index contributed by atoms with van der Waals surface area (Å²) in [7, 11) is 0. The lowest BCUT2D eigenvalue weighted by atomic mass is 10.0. The van der Waals surface area contributed by atoms with Crippen molar-refractivity contribution in [3.05, 3.63) is 29.8 Å². The molecule has 1 aromatic rings. The summed E-state index contributed by atoms with van der Waals surface area (Å²) in [5.41, 5.74) is 0.909. The Morgan fingerprint density at radius 2 is 1.94 bits per heavy atom. The van der Waals surface area contributed by atoms with Gasteiger partial charge in [0.15, 0.2) is 0 Å². The van der Waals surface area contributed by atoms with Crippen LogP contribution in [0.4, 0.5) is 0 Å². The molecule has 2 atom stereocenters. The third-order valence-electron chi connectivity index (χ3n) is 2.54. The first kappa shape index (κ1) is 13.0. The molecule has 0 saturated heterocycles. The summed E-state index contributed by atoms with van der Waals surface area (Å²) in [6.45, 7) is 5.42. The number of hydrogen-bond donors (Lipinski definition) is 3. The monoisotopic (exact) mass is 223 g/mol. The molecule has 0 amide bonds. The van der Waals surface area contributed by atoms with Crippen LogP contribution >= 0.6 is 0 Å². The van der Waals surface area contributed by atoms with Crippen molar-refractivity contribution in [2.75, 3.05) is 6.54 Å². The van der Waals surface area contributed by atoms with Gasteiger partial charge in [0.25, 0.3) is 0 Å². The van der Waals surface area contributed by atoms with Crippen molar-refractivity contribution in [1.82, 2.24) is 5.32 Å². The second-order valence-electron chi connectivity index (χ2n) is 4.45. The zero-order valence-corrected chi connectivity index (χ0v) is 9.98. The normalized spacial score (nSPS) is 14.7. The molecule has 3 N–H and O–H groups in total. The Kier molecular flexibility index (Phi) is 5.29. The maximum absolute atomic E-state index is 9.54. The van der Waals surface area contributed by atoms with Gasteiger partial charge in [-0.05, 0) is 31.9 Å². The highest BCUT2D eigenvalue weighted by Crippen LogP contribution is 2.15. The highest BCUT2D eigenvalue weighted by Gasteiger charge is 2.06. The summed E-state index contributed by atoms with van der Waals surface area (Å²) in [5, 5.41) is 22.0. The first-order valence-corrected chi connectivity index (χ1v) is 5.75. The summed E-state index contributed by atoms with van der Waals surface area (Å²) in [5.74, 6) is 0.768. The van der Waals surface area contributed by atoms with Crippen LogP contribution in [0, 0.1) is 5.92 Å². The molecule has 0 bridgehead atoms. The van der Waals surface area contributed by atoms with E-state index in [2.05, 4.69) is 12.2 Å². The van der Waals surface area contributed by atoms with E-state index in [0.29, 0.717) is 18.2 Å². The van der Waals surface area contributed by atoms with Crippen LogP contribution in [0.5, 0.6) is 5.75 Å². The van der Waals surface area contributed by atoms with Gasteiger partial charge in [0.05, 0.1) is 6.10 Å². The van der Waals surface area contributed by atoms with E-state index in [4.69, 9.17) is 0 Å². The van der Waals surface area contributed by atoms with Crippen molar-refractivity contribution in [2.24, 2.45) is 5.92 Å². The predicted octanol–water partition coefficient (Wildman–Crippen LogP) is 1.89. The van der Waals surface area contributed by atoms with Crippen LogP contribution in [0.2, 0.25) is 0 Å². The van der Waals surface area contributed by atoms with Crippen LogP contribution in [-0.4, -0.2) is 22.9 Å². The number of rotatable bonds is 6. The number of aliphatic hydroxyl groups is 1. The molecule has 0 aliphatic carbocycles. The number of aromatic hydroxyl groups is 1. The Morgan fingerprint density at radius 1 is 1.25 bits per heavy atom. The lowest BCUT2D eigenvalue weighted by molar-refractivity contribution is 0.163. The largest absolute Gasteiger partial charge is 0.508 e. The fraction of sp³-hybridized carbons (Fsp3) is 0.538. The molecule has 90 valence electrons. The van der Waals surface area contributed by atoms with Crippen molar-refractivity contribution >= 4 is 0 Å². The number of phenolic OH excluding ortho intramolecular Hbond substituents is 1. The molecule has 0 aliphatic heterocycles. The van der Waals surface area contributed by atoms with Crippen LogP contribution in [-0.2, 0) is 6.54 Å². The number of phenols is 1. The molecular weight excluding hydrogens is 202 g/mol. The topological polar surface area (TPSA) is 52.5 Å². The van der Waals surface area contributed by atoms with Gasteiger partial charge in [-0.15, -0.1) is 0 Å². The number of para-hydroxylation sites is 1. The fourth-order valence-electron chi connectivity index (χ4n) is 1.78. The van der Waals surface area contributed by atoms with E-state index < -0.39 is 0 Å². The third kappa shape index (κ3) is 4.64. The second-order valence-corrected chi connectivity index (χ2v) is 4.45. The van der Waals surface area contributed by atoms with Gasteiger partial charge in [0.2, 0.25) is 0 Å². The third-order valence-corrected chi connectivity index (χ3v) is 2.54. The smallest absolute Gasteiger partial charge is 0.120 e. The number of benzene rings is 1. The molecule has 0 spiro atoms. The van der Waals surface area contributed by atoms with E-state index in [-0.39, 0.29) is 6.10 Å². The highest BCUT2D eigenvalue weighted by molar-refractivity contribution is 5.31. The number of hydrogen-bond acceptors (Lipinski definition) is 3. The van der Waals surface area contributed by atoms with E-state index in [0.717, 1.165) is 18.5 Å². The maximum Gasteiger partial charge on any atom is 0.120 e. The van der Waals surface area contributed by atoms with Crippen molar-refractivity contribution in [3.63, 3.8) is 0 Å². The zero-order chi connectivity index (χ0) is 12.0. The molecular formula is C13H21NO2. The molecule has 3 heteroatoms. The Balaban J connectivity index is 2.28. The van der Waals surface area contributed by atoms with E-state index in [1.54, 1.807) is 13.0 Å². The standard InChI is InChI=1S/C13H21NO2/c1-10(7-11(2)15)8-14-9-12-5-3-4-6-13(12)16/h3-6,10-11,14-16H,7-9H2,1-2H3. The summed E-state index contributed by atoms with van der Waals surface area (Å²) in [6.07, 6.45) is 0.551. The van der Waals surface area contributed by atoms with Gasteiger partial charge in [-0.3, -0.25) is 0 Å². The fourth-order valence-corrected chi connectivity index (χ4v) is 1.78. The maximum atomic E-state index is 9.54. The minimum atomic E-state index is -0.248. The molecule has 1 aromatic carbocycles. The van der Waals surface area contributed by atoms with Crippen molar-refractivity contribution in [3.8, 4) is 5.75 Å². The summed E-state index contributed by atoms with van der Waals surface area (Å²) in [4.78, 5) is 0. The minimum Gasteiger partial charge on any atom is -0.508 e. The van der Waals surface area contributed by atoms with Gasteiger partial charge in [0, 0.05) is 12.1 Å². The summed E-state index contributed by atoms with van der Waals surface area (Å²) >= 11 is 0. The highest BCUT2D eigenvalue weighted by atomic mass is 16.3. The van der Waals surface area contributed by atoms with E-state index >= 15 is 0 Å². The van der Waals surface area contributed by atoms with Gasteiger partial charge in [-0.2, -0.15) is 0 Å². The van der Waals surface area contributed by atoms with Crippen LogP contribution in [0.25, 0.3) is 0 Å². The van der Waals surface area contributed by atoms with Gasteiger partial charge in [-0.25, -0.2) is 0 Å². The van der Waals surface area contributed by atoms with Crippen LogP contribution in [0.15, 0.2) is 24.3 Å². The Morgan fingerprint density at radius 3 is 2.56 bits per heavy atom. The molecule has 0 radical (unpaired) electrons. The lowest BCUT2D eigenvalue weighted by Gasteiger charge is -2.14. The number of nitrogens with one attached hydrogen (secondary N) is 1. The molecule has 0 saturated carbocycles. The van der Waals surface area contributed by atoms with Crippen molar-refractivity contribution < 1.29 is 10.2 Å². The average Bonchev–Trinajstić information content (AvgIpc) is 2.19. The summed E-state index contributed by atoms with van der Waals surface area (Å²) in [6, 6.07) is 7.32. The first-order valence-electron chi connectivity index (χ1n) is 5.75. The van der Waals surface area contributed by atoms with E-state index in [1.165, 1.54) is 0 Å².